The fourth-order valence-corrected chi connectivity index (χ4v) is 14.9. The standard InChI is InChI=1S/C48H82O18/c1-21(2)11-10-14-48(9,66-42-38(60)35(57)32(54)26(19-49)63-42)23-12-16-46(7)30(23)24(51)17-28-45(6)15-13-29(52)44(4,5)40(45)25(18-47(28,46)8)62-43-39(36(58)33(55)27(20-50)64-43)65-41-37(59)34(56)31(53)22(3)61-41/h11,22-43,49-60H,10,12-20H2,1-9H3/t22-,23-,24-,25-,26+,27-,28-,29+,30+,31+,32+,33-,34-,35-,36+,37+,38+,39+,40+,41+,42-,43-,45+,46-,47+,48+/m1/s1. The maximum absolute atomic E-state index is 12.7. The second-order valence-corrected chi connectivity index (χ2v) is 23.0. The third kappa shape index (κ3) is 8.69. The molecule has 0 radical (unpaired) electrons. The lowest BCUT2D eigenvalue weighted by molar-refractivity contribution is -0.382. The molecule has 0 unspecified atom stereocenters. The average molecular weight is 947 g/mol. The molecule has 382 valence electrons. The molecule has 3 saturated heterocycles. The van der Waals surface area contributed by atoms with Crippen molar-refractivity contribution in [3.63, 3.8) is 0 Å². The van der Waals surface area contributed by atoms with E-state index in [1.807, 2.05) is 34.6 Å². The summed E-state index contributed by atoms with van der Waals surface area (Å²) in [6.07, 6.45) is -18.3. The molecule has 12 N–H and O–H groups in total. The lowest BCUT2D eigenvalue weighted by Crippen LogP contribution is -2.71. The molecule has 0 spiro atoms. The van der Waals surface area contributed by atoms with E-state index in [1.54, 1.807) is 0 Å². The number of rotatable bonds is 12. The van der Waals surface area contributed by atoms with E-state index in [0.717, 1.165) is 5.57 Å². The first-order valence-corrected chi connectivity index (χ1v) is 24.3. The Morgan fingerprint density at radius 1 is 0.682 bits per heavy atom. The first-order chi connectivity index (χ1) is 30.7. The number of hydrogen-bond donors (Lipinski definition) is 12. The van der Waals surface area contributed by atoms with Crippen LogP contribution in [0.2, 0.25) is 0 Å². The van der Waals surface area contributed by atoms with Crippen molar-refractivity contribution in [2.24, 2.45) is 45.3 Å². The number of aliphatic hydroxyl groups excluding tert-OH is 12. The zero-order chi connectivity index (χ0) is 48.8. The fourth-order valence-electron chi connectivity index (χ4n) is 14.9. The molecule has 18 heteroatoms. The van der Waals surface area contributed by atoms with Gasteiger partial charge >= 0.3 is 0 Å². The molecule has 4 aliphatic carbocycles. The van der Waals surface area contributed by atoms with Crippen LogP contribution in [0.3, 0.4) is 0 Å². The van der Waals surface area contributed by atoms with Crippen molar-refractivity contribution in [1.29, 1.82) is 0 Å². The Morgan fingerprint density at radius 3 is 1.89 bits per heavy atom. The Morgan fingerprint density at radius 2 is 1.27 bits per heavy atom. The minimum absolute atomic E-state index is 0.0861. The third-order valence-corrected chi connectivity index (χ3v) is 18.7. The van der Waals surface area contributed by atoms with Crippen LogP contribution < -0.4 is 0 Å². The van der Waals surface area contributed by atoms with E-state index in [9.17, 15) is 61.3 Å². The molecule has 0 bridgehead atoms. The number of hydrogen-bond acceptors (Lipinski definition) is 18. The molecule has 3 aliphatic heterocycles. The Labute approximate surface area is 388 Å². The van der Waals surface area contributed by atoms with Gasteiger partial charge in [-0.1, -0.05) is 46.3 Å². The molecular formula is C48H82O18. The van der Waals surface area contributed by atoms with Gasteiger partial charge in [0.05, 0.1) is 43.2 Å². The molecule has 7 aliphatic rings. The average Bonchev–Trinajstić information content (AvgIpc) is 3.64. The quantitative estimate of drug-likeness (QED) is 0.0904. The van der Waals surface area contributed by atoms with Gasteiger partial charge in [0.25, 0.3) is 0 Å². The van der Waals surface area contributed by atoms with Gasteiger partial charge in [-0.2, -0.15) is 0 Å². The Balaban J connectivity index is 1.27. The Kier molecular flexibility index (Phi) is 15.4. The summed E-state index contributed by atoms with van der Waals surface area (Å²) in [4.78, 5) is 0. The van der Waals surface area contributed by atoms with Crippen molar-refractivity contribution in [2.45, 2.75) is 230 Å². The van der Waals surface area contributed by atoms with E-state index in [2.05, 4.69) is 26.8 Å². The van der Waals surface area contributed by atoms with Crippen LogP contribution >= 0.6 is 0 Å². The number of aliphatic hydroxyl groups is 12. The smallest absolute Gasteiger partial charge is 0.187 e. The fraction of sp³-hybridized carbons (Fsp3) is 0.958. The highest BCUT2D eigenvalue weighted by molar-refractivity contribution is 5.22. The maximum atomic E-state index is 12.7. The van der Waals surface area contributed by atoms with Crippen LogP contribution in [-0.2, 0) is 28.4 Å². The van der Waals surface area contributed by atoms with Crippen molar-refractivity contribution < 1.29 is 89.7 Å². The summed E-state index contributed by atoms with van der Waals surface area (Å²) in [5.74, 6) is -1.12. The first-order valence-electron chi connectivity index (χ1n) is 24.3. The molecule has 0 amide bonds. The zero-order valence-electron chi connectivity index (χ0n) is 40.2. The van der Waals surface area contributed by atoms with E-state index in [-0.39, 0.29) is 23.7 Å². The summed E-state index contributed by atoms with van der Waals surface area (Å²) in [5.41, 5.74) is -2.43. The molecule has 7 rings (SSSR count). The van der Waals surface area contributed by atoms with E-state index < -0.39 is 151 Å². The molecule has 18 nitrogen and oxygen atoms in total. The Hall–Kier alpha value is -0.980. The maximum Gasteiger partial charge on any atom is 0.187 e. The highest BCUT2D eigenvalue weighted by Crippen LogP contribution is 2.76. The van der Waals surface area contributed by atoms with Gasteiger partial charge < -0.3 is 89.7 Å². The van der Waals surface area contributed by atoms with Gasteiger partial charge in [0, 0.05) is 0 Å². The van der Waals surface area contributed by atoms with Crippen molar-refractivity contribution in [3.8, 4) is 0 Å². The highest BCUT2D eigenvalue weighted by atomic mass is 16.8. The predicted molar refractivity (Wildman–Crippen MR) is 234 cm³/mol. The van der Waals surface area contributed by atoms with Gasteiger partial charge in [-0.3, -0.25) is 0 Å². The number of ether oxygens (including phenoxy) is 6. The van der Waals surface area contributed by atoms with Crippen LogP contribution in [0.4, 0.5) is 0 Å². The van der Waals surface area contributed by atoms with Crippen molar-refractivity contribution in [2.75, 3.05) is 13.2 Å². The SMILES string of the molecule is CC(C)=CCC[C@](C)(O[C@H]1O[C@@H](CO)[C@H](O)[C@@H](O)[C@@H]1O)[C@@H]1CC[C@]2(C)[C@@H]1[C@H](O)C[C@@H]1[C@]3(C)CC[C@H](O)C(C)(C)[C@@H]3[C@H](O[C@@H]3O[C@H](CO)[C@@H](O)[C@H](O)[C@@H]3O[C@@H]3O[C@H](C)[C@H](O)[C@@H](O)[C@@H]3O)C[C@@]12C. The number of allylic oxidation sites excluding steroid dienone is 2. The molecule has 26 atom stereocenters. The summed E-state index contributed by atoms with van der Waals surface area (Å²) in [6, 6.07) is 0. The molecule has 0 aromatic rings. The van der Waals surface area contributed by atoms with E-state index in [0.29, 0.717) is 51.4 Å². The lowest BCUT2D eigenvalue weighted by Gasteiger charge is -2.72. The van der Waals surface area contributed by atoms with Crippen LogP contribution in [0.25, 0.3) is 0 Å². The molecule has 7 fully saturated rings. The predicted octanol–water partition coefficient (Wildman–Crippen LogP) is -0.0284. The van der Waals surface area contributed by atoms with Crippen LogP contribution in [0, 0.1) is 45.3 Å². The van der Waals surface area contributed by atoms with Gasteiger partial charge in [-0.05, 0) is 124 Å². The number of fused-ring (bicyclic) bond motifs is 5. The van der Waals surface area contributed by atoms with Crippen molar-refractivity contribution >= 4 is 0 Å². The monoisotopic (exact) mass is 947 g/mol. The highest BCUT2D eigenvalue weighted by Gasteiger charge is 2.74. The molecule has 0 aromatic heterocycles. The first kappa shape index (κ1) is 52.8. The van der Waals surface area contributed by atoms with Crippen LogP contribution in [0.15, 0.2) is 11.6 Å². The van der Waals surface area contributed by atoms with Gasteiger partial charge in [0.1, 0.15) is 67.1 Å². The summed E-state index contributed by atoms with van der Waals surface area (Å²) in [5, 5.41) is 132. The second kappa shape index (κ2) is 19.2. The minimum Gasteiger partial charge on any atom is -0.394 e. The summed E-state index contributed by atoms with van der Waals surface area (Å²) >= 11 is 0. The summed E-state index contributed by atoms with van der Waals surface area (Å²) in [6.45, 7) is 16.8. The van der Waals surface area contributed by atoms with Crippen molar-refractivity contribution in [3.05, 3.63) is 11.6 Å². The topological polar surface area (TPSA) is 298 Å². The van der Waals surface area contributed by atoms with Gasteiger partial charge in [-0.15, -0.1) is 0 Å². The molecule has 4 saturated carbocycles. The third-order valence-electron chi connectivity index (χ3n) is 18.7. The molecule has 0 aromatic carbocycles. The van der Waals surface area contributed by atoms with Gasteiger partial charge in [0.15, 0.2) is 18.9 Å². The van der Waals surface area contributed by atoms with Crippen LogP contribution in [-0.4, -0.2) is 191 Å². The Bertz CT molecular complexity index is 1700. The molecular weight excluding hydrogens is 865 g/mol. The minimum atomic E-state index is -1.75. The normalized spacial score (nSPS) is 53.5. The molecule has 66 heavy (non-hydrogen) atoms. The van der Waals surface area contributed by atoms with E-state index >= 15 is 0 Å². The van der Waals surface area contributed by atoms with Crippen LogP contribution in [0.1, 0.15) is 114 Å². The summed E-state index contributed by atoms with van der Waals surface area (Å²) in [7, 11) is 0. The van der Waals surface area contributed by atoms with Gasteiger partial charge in [0.2, 0.25) is 0 Å². The zero-order valence-corrected chi connectivity index (χ0v) is 40.2. The van der Waals surface area contributed by atoms with Crippen LogP contribution in [0.5, 0.6) is 0 Å². The lowest BCUT2D eigenvalue weighted by atomic mass is 9.34. The second-order valence-electron chi connectivity index (χ2n) is 23.0. The van der Waals surface area contributed by atoms with Gasteiger partial charge in [-0.25, -0.2) is 0 Å². The largest absolute Gasteiger partial charge is 0.394 e. The summed E-state index contributed by atoms with van der Waals surface area (Å²) < 4.78 is 38.1. The van der Waals surface area contributed by atoms with E-state index in [1.165, 1.54) is 6.92 Å². The molecule has 3 heterocycles. The van der Waals surface area contributed by atoms with E-state index in [4.69, 9.17) is 28.4 Å². The van der Waals surface area contributed by atoms with Crippen molar-refractivity contribution in [1.82, 2.24) is 0 Å².